The molecule has 0 fully saturated rings. The van der Waals surface area contributed by atoms with E-state index in [1.807, 2.05) is 33.3 Å². The molecule has 0 aromatic heterocycles. The Morgan fingerprint density at radius 2 is 0.701 bits per heavy atom. The molecule has 9 nitrogen and oxygen atoms in total. The maximum absolute atomic E-state index is 13.6. The Morgan fingerprint density at radius 3 is 1.07 bits per heavy atom. The number of allylic oxidation sites excluding steroid dienone is 11. The second-order valence-electron chi connectivity index (χ2n) is 26.4. The minimum absolute atomic E-state index is 0.0232. The average Bonchev–Trinajstić information content (AvgIpc) is 3.70. The van der Waals surface area contributed by atoms with E-state index >= 15 is 0 Å². The third kappa shape index (κ3) is 67.7. The van der Waals surface area contributed by atoms with Crippen molar-refractivity contribution in [3.05, 3.63) is 72.9 Å². The topological polar surface area (TPSA) is 114 Å². The van der Waals surface area contributed by atoms with Gasteiger partial charge >= 0.3 is 5.97 Å². The van der Waals surface area contributed by atoms with Crippen molar-refractivity contribution in [3.8, 4) is 0 Å². The molecule has 0 aliphatic rings. The number of nitrogens with zero attached hydrogens (tertiary/aromatic N) is 1. The summed E-state index contributed by atoms with van der Waals surface area (Å²) in [5, 5.41) is 3.05. The van der Waals surface area contributed by atoms with E-state index in [1.54, 1.807) is 0 Å². The maximum Gasteiger partial charge on any atom is 0.306 e. The number of unbranched alkanes of at least 4 members (excludes halogenated alkanes) is 42. The first kappa shape index (κ1) is 84.5. The van der Waals surface area contributed by atoms with Crippen molar-refractivity contribution in [2.24, 2.45) is 0 Å². The Morgan fingerprint density at radius 1 is 0.402 bits per heavy atom. The van der Waals surface area contributed by atoms with Crippen LogP contribution in [0.1, 0.15) is 355 Å². The fourth-order valence-corrected chi connectivity index (χ4v) is 11.6. The Labute approximate surface area is 540 Å². The predicted octanol–water partition coefficient (Wildman–Crippen LogP) is 23.3. The zero-order valence-corrected chi connectivity index (χ0v) is 59.1. The Kier molecular flexibility index (Phi) is 64.4. The summed E-state index contributed by atoms with van der Waals surface area (Å²) in [6.45, 7) is 6.84. The van der Waals surface area contributed by atoms with Gasteiger partial charge in [-0.1, -0.05) is 312 Å². The molecule has 0 aliphatic carbocycles. The third-order valence-electron chi connectivity index (χ3n) is 16.6. The molecule has 0 aromatic rings. The normalized spacial score (nSPS) is 13.9. The molecule has 0 radical (unpaired) electrons. The lowest BCUT2D eigenvalue weighted by Gasteiger charge is -2.30. The highest BCUT2D eigenvalue weighted by atomic mass is 31.2. The van der Waals surface area contributed by atoms with Gasteiger partial charge in [-0.25, -0.2) is 0 Å². The number of ether oxygens (including phenoxy) is 1. The van der Waals surface area contributed by atoms with E-state index in [0.29, 0.717) is 17.4 Å². The number of hydrogen-bond donors (Lipinski definition) is 1. The third-order valence-corrected chi connectivity index (χ3v) is 17.6. The van der Waals surface area contributed by atoms with Gasteiger partial charge in [0, 0.05) is 12.8 Å². The first-order valence-electron chi connectivity index (χ1n) is 37.2. The predicted molar refractivity (Wildman–Crippen MR) is 376 cm³/mol. The zero-order valence-electron chi connectivity index (χ0n) is 58.2. The lowest BCUT2D eigenvalue weighted by atomic mass is 10.0. The lowest BCUT2D eigenvalue weighted by Crippen LogP contribution is -2.47. The van der Waals surface area contributed by atoms with Crippen LogP contribution in [0.4, 0.5) is 0 Å². The van der Waals surface area contributed by atoms with Gasteiger partial charge in [-0.15, -0.1) is 0 Å². The fourth-order valence-electron chi connectivity index (χ4n) is 10.9. The summed E-state index contributed by atoms with van der Waals surface area (Å²) >= 11 is 0. The summed E-state index contributed by atoms with van der Waals surface area (Å²) in [4.78, 5) is 40.3. The van der Waals surface area contributed by atoms with Crippen LogP contribution in [-0.4, -0.2) is 69.4 Å². The van der Waals surface area contributed by atoms with Crippen molar-refractivity contribution in [2.75, 3.05) is 40.9 Å². The molecule has 0 spiro atoms. The minimum Gasteiger partial charge on any atom is -0.756 e. The number of phosphoric ester groups is 1. The molecule has 508 valence electrons. The number of amides is 1. The molecule has 1 N–H and O–H groups in total. The fraction of sp³-hybridized carbons (Fsp3) is 0.818. The van der Waals surface area contributed by atoms with Gasteiger partial charge in [0.15, 0.2) is 0 Å². The van der Waals surface area contributed by atoms with Crippen LogP contribution in [0, 0.1) is 0 Å². The minimum atomic E-state index is -4.71. The van der Waals surface area contributed by atoms with Crippen molar-refractivity contribution in [1.82, 2.24) is 5.32 Å². The number of phosphoric acid groups is 1. The summed E-state index contributed by atoms with van der Waals surface area (Å²) in [6, 6.07) is -0.892. The molecule has 87 heavy (non-hydrogen) atoms. The molecule has 0 aromatic carbocycles. The second-order valence-corrected chi connectivity index (χ2v) is 27.9. The van der Waals surface area contributed by atoms with Gasteiger partial charge in [0.05, 0.1) is 33.8 Å². The van der Waals surface area contributed by atoms with Crippen LogP contribution < -0.4 is 10.2 Å². The number of carbonyl (C=O) groups excluding carboxylic acids is 2. The second kappa shape index (κ2) is 66.4. The van der Waals surface area contributed by atoms with Crippen LogP contribution >= 0.6 is 7.82 Å². The van der Waals surface area contributed by atoms with Crippen molar-refractivity contribution in [3.63, 3.8) is 0 Å². The van der Waals surface area contributed by atoms with Crippen LogP contribution in [0.25, 0.3) is 0 Å². The molecule has 3 atom stereocenters. The highest BCUT2D eigenvalue weighted by Gasteiger charge is 2.27. The first-order valence-corrected chi connectivity index (χ1v) is 38.7. The van der Waals surface area contributed by atoms with Crippen LogP contribution in [0.15, 0.2) is 72.9 Å². The van der Waals surface area contributed by atoms with E-state index in [9.17, 15) is 19.0 Å². The van der Waals surface area contributed by atoms with E-state index in [-0.39, 0.29) is 31.5 Å². The molecule has 0 saturated carbocycles. The SMILES string of the molecule is CCCCC/C=C\C/C=C\C/C=C\CCCCCCCCCCCCCCCCC(=O)OC(/C=C\CCCCCCCCCCCCC)C(COP(=O)([O-])OCC[N+](C)(C)C)NC(=O)CCCCCCCCCCCCC/C=C\C/C=C\CCCCC. The Balaban J connectivity index is 5.03. The standard InChI is InChI=1S/C77H143N2O7P/c1-7-10-13-16-19-22-25-28-30-32-34-36-37-38-39-40-41-43-45-47-49-52-55-58-61-64-67-70-77(81)86-75(68-65-62-59-56-53-50-27-24-21-18-15-12-9-3)74(73-85-87(82,83)84-72-71-79(4,5)6)78-76(80)69-66-63-60-57-54-51-48-46-44-42-35-33-31-29-26-23-20-17-14-11-8-2/h19-20,22-23,28-31,34,36,65,68,74-75H,7-18,21,24-27,32-33,35,37-64,66-67,69-73H2,1-6H3,(H-,78,80,82,83)/b22-19-,23-20-,30-28-,31-29-,36-34-,68-65-. The monoisotopic (exact) mass is 1240 g/mol. The van der Waals surface area contributed by atoms with Gasteiger partial charge in [-0.05, 0) is 102 Å². The van der Waals surface area contributed by atoms with Gasteiger partial charge in [0.25, 0.3) is 7.82 Å². The zero-order chi connectivity index (χ0) is 63.5. The quantitative estimate of drug-likeness (QED) is 0.0212. The van der Waals surface area contributed by atoms with Crippen LogP contribution in [-0.2, 0) is 27.9 Å². The van der Waals surface area contributed by atoms with E-state index in [0.717, 1.165) is 77.0 Å². The van der Waals surface area contributed by atoms with Crippen LogP contribution in [0.3, 0.4) is 0 Å². The van der Waals surface area contributed by atoms with Crippen molar-refractivity contribution >= 4 is 19.7 Å². The Hall–Kier alpha value is -2.55. The number of esters is 1. The van der Waals surface area contributed by atoms with E-state index in [1.165, 1.54) is 244 Å². The summed E-state index contributed by atoms with van der Waals surface area (Å²) in [5.41, 5.74) is 0. The molecule has 10 heteroatoms. The molecule has 1 amide bonds. The smallest absolute Gasteiger partial charge is 0.306 e. The lowest BCUT2D eigenvalue weighted by molar-refractivity contribution is -0.870. The van der Waals surface area contributed by atoms with E-state index < -0.39 is 20.0 Å². The van der Waals surface area contributed by atoms with E-state index in [2.05, 4.69) is 86.8 Å². The highest BCUT2D eigenvalue weighted by molar-refractivity contribution is 7.45. The van der Waals surface area contributed by atoms with Gasteiger partial charge in [0.2, 0.25) is 5.91 Å². The van der Waals surface area contributed by atoms with E-state index in [4.69, 9.17) is 13.8 Å². The van der Waals surface area contributed by atoms with Gasteiger partial charge in [0.1, 0.15) is 19.3 Å². The maximum atomic E-state index is 13.6. The van der Waals surface area contributed by atoms with Gasteiger partial charge in [-0.2, -0.15) is 0 Å². The molecule has 0 bridgehead atoms. The van der Waals surface area contributed by atoms with Crippen molar-refractivity contribution < 1.29 is 37.3 Å². The molecule has 3 unspecified atom stereocenters. The molecular formula is C77H143N2O7P. The molecule has 0 aliphatic heterocycles. The van der Waals surface area contributed by atoms with Crippen LogP contribution in [0.2, 0.25) is 0 Å². The largest absolute Gasteiger partial charge is 0.756 e. The van der Waals surface area contributed by atoms with Crippen molar-refractivity contribution in [1.29, 1.82) is 0 Å². The number of nitrogens with one attached hydrogen (secondary N) is 1. The summed E-state index contributed by atoms with van der Waals surface area (Å²) in [7, 11) is 1.19. The number of likely N-dealkylation sites (N-methyl/N-ethyl adjacent to an activating group) is 1. The molecule has 0 rings (SSSR count). The Bertz CT molecular complexity index is 1720. The summed E-state index contributed by atoms with van der Waals surface area (Å²) in [5.74, 6) is -0.531. The highest BCUT2D eigenvalue weighted by Crippen LogP contribution is 2.38. The number of quaternary nitrogens is 1. The summed E-state index contributed by atoms with van der Waals surface area (Å²) < 4.78 is 30.5. The number of hydrogen-bond acceptors (Lipinski definition) is 7. The number of carbonyl (C=O) groups is 2. The average molecular weight is 1240 g/mol. The van der Waals surface area contributed by atoms with Crippen molar-refractivity contribution in [2.45, 2.75) is 367 Å². The molecule has 0 saturated heterocycles. The summed E-state index contributed by atoms with van der Waals surface area (Å²) in [6.07, 6.45) is 87.4. The van der Waals surface area contributed by atoms with Gasteiger partial charge < -0.3 is 28.5 Å². The molecular weight excluding hydrogens is 1100 g/mol. The van der Waals surface area contributed by atoms with Gasteiger partial charge in [-0.3, -0.25) is 14.2 Å². The van der Waals surface area contributed by atoms with Crippen LogP contribution in [0.5, 0.6) is 0 Å². The first-order chi connectivity index (χ1) is 42.4. The molecule has 0 heterocycles. The number of rotatable bonds is 68.